The number of fused-ring (bicyclic) bond motifs is 1. The molecule has 0 spiro atoms. The number of para-hydroxylation sites is 1. The molecule has 4 aromatic rings. The molecule has 0 radical (unpaired) electrons. The lowest BCUT2D eigenvalue weighted by Crippen LogP contribution is -2.27. The Balaban J connectivity index is 1.42. The molecule has 29 heavy (non-hydrogen) atoms. The third kappa shape index (κ3) is 4.19. The molecule has 0 amide bonds. The van der Waals surface area contributed by atoms with Crippen molar-refractivity contribution in [2.75, 3.05) is 0 Å². The summed E-state index contributed by atoms with van der Waals surface area (Å²) in [6.45, 7) is 1.67. The van der Waals surface area contributed by atoms with E-state index in [1.54, 1.807) is 25.1 Å². The number of aryl methyl sites for hydroxylation is 2. The molecule has 0 atom stereocenters. The van der Waals surface area contributed by atoms with E-state index < -0.39 is 11.2 Å². The van der Waals surface area contributed by atoms with Gasteiger partial charge >= 0.3 is 5.69 Å². The van der Waals surface area contributed by atoms with Gasteiger partial charge < -0.3 is 14.4 Å². The molecule has 0 aliphatic rings. The van der Waals surface area contributed by atoms with Gasteiger partial charge in [-0.1, -0.05) is 23.9 Å². The molecule has 0 fully saturated rings. The maximum Gasteiger partial charge on any atom is 0.325 e. The lowest BCUT2D eigenvalue weighted by Gasteiger charge is -2.02. The van der Waals surface area contributed by atoms with Crippen molar-refractivity contribution in [3.05, 3.63) is 78.4 Å². The van der Waals surface area contributed by atoms with Crippen LogP contribution in [0.2, 0.25) is 0 Å². The van der Waals surface area contributed by atoms with Crippen LogP contribution in [-0.2, 0) is 18.6 Å². The van der Waals surface area contributed by atoms with Crippen LogP contribution in [0.3, 0.4) is 0 Å². The minimum absolute atomic E-state index is 0.195. The van der Waals surface area contributed by atoms with Crippen molar-refractivity contribution in [2.24, 2.45) is 0 Å². The van der Waals surface area contributed by atoms with Crippen molar-refractivity contribution in [1.82, 2.24) is 30.1 Å². The van der Waals surface area contributed by atoms with Gasteiger partial charge in [0.15, 0.2) is 0 Å². The maximum absolute atomic E-state index is 12.1. The van der Waals surface area contributed by atoms with E-state index >= 15 is 0 Å². The standard InChI is InChI=1S/C18H16N6O4S/c1-9-10(15(25)22-17(27)19-9)6-7-14-23-24-18(28-14)29-8-13-20-12-5-3-2-4-11(12)16(26)21-13/h2-5H,6-8H2,1H3,(H,20,21,26)(H2,19,22,25,27). The molecule has 0 aliphatic heterocycles. The number of hydrogen-bond donors (Lipinski definition) is 3. The number of rotatable bonds is 6. The fourth-order valence-corrected chi connectivity index (χ4v) is 3.54. The summed E-state index contributed by atoms with van der Waals surface area (Å²) in [5, 5.41) is 8.82. The van der Waals surface area contributed by atoms with Gasteiger partial charge in [0.05, 0.1) is 16.7 Å². The van der Waals surface area contributed by atoms with E-state index in [0.717, 1.165) is 0 Å². The molecular weight excluding hydrogens is 396 g/mol. The topological polar surface area (TPSA) is 150 Å². The maximum atomic E-state index is 12.1. The summed E-state index contributed by atoms with van der Waals surface area (Å²) in [5.74, 6) is 1.24. The molecular formula is C18H16N6O4S. The molecule has 3 aromatic heterocycles. The number of hydrogen-bond acceptors (Lipinski definition) is 8. The molecule has 0 aliphatic carbocycles. The van der Waals surface area contributed by atoms with Gasteiger partial charge in [-0.25, -0.2) is 9.78 Å². The minimum Gasteiger partial charge on any atom is -0.416 e. The number of aromatic amines is 3. The van der Waals surface area contributed by atoms with Gasteiger partial charge in [-0.3, -0.25) is 14.6 Å². The third-order valence-electron chi connectivity index (χ3n) is 4.29. The van der Waals surface area contributed by atoms with E-state index in [-0.39, 0.29) is 5.56 Å². The number of H-pyrrole nitrogens is 3. The van der Waals surface area contributed by atoms with Gasteiger partial charge in [-0.05, 0) is 25.5 Å². The molecule has 11 heteroatoms. The van der Waals surface area contributed by atoms with Crippen LogP contribution >= 0.6 is 11.8 Å². The van der Waals surface area contributed by atoms with Gasteiger partial charge in [0, 0.05) is 17.7 Å². The average molecular weight is 412 g/mol. The number of nitrogens with zero attached hydrogens (tertiary/aromatic N) is 3. The van der Waals surface area contributed by atoms with Crippen molar-refractivity contribution in [1.29, 1.82) is 0 Å². The first-order valence-electron chi connectivity index (χ1n) is 8.75. The van der Waals surface area contributed by atoms with Crippen molar-refractivity contribution in [3.63, 3.8) is 0 Å². The normalized spacial score (nSPS) is 11.2. The van der Waals surface area contributed by atoms with E-state index in [1.165, 1.54) is 11.8 Å². The van der Waals surface area contributed by atoms with E-state index in [2.05, 4.69) is 30.1 Å². The van der Waals surface area contributed by atoms with Crippen LogP contribution in [0.1, 0.15) is 23.0 Å². The zero-order chi connectivity index (χ0) is 20.4. The number of aromatic nitrogens is 6. The molecule has 1 aromatic carbocycles. The largest absolute Gasteiger partial charge is 0.416 e. The van der Waals surface area contributed by atoms with Crippen molar-refractivity contribution in [3.8, 4) is 0 Å². The Morgan fingerprint density at radius 3 is 2.66 bits per heavy atom. The van der Waals surface area contributed by atoms with Crippen LogP contribution in [0.25, 0.3) is 10.9 Å². The van der Waals surface area contributed by atoms with E-state index in [4.69, 9.17) is 4.42 Å². The Labute approximate surface area is 166 Å². The molecule has 0 saturated carbocycles. The SMILES string of the molecule is Cc1[nH]c(=O)[nH]c(=O)c1CCc1nnc(SCc2nc3ccccc3c(=O)[nH]2)o1. The molecule has 0 saturated heterocycles. The van der Waals surface area contributed by atoms with Crippen LogP contribution in [0, 0.1) is 6.92 Å². The average Bonchev–Trinajstić information content (AvgIpc) is 3.13. The second-order valence-electron chi connectivity index (χ2n) is 6.29. The predicted octanol–water partition coefficient (Wildman–Crippen LogP) is 1.07. The summed E-state index contributed by atoms with van der Waals surface area (Å²) in [6.07, 6.45) is 0.707. The van der Waals surface area contributed by atoms with Crippen LogP contribution in [0.15, 0.2) is 48.3 Å². The molecule has 0 bridgehead atoms. The lowest BCUT2D eigenvalue weighted by molar-refractivity contribution is 0.412. The highest BCUT2D eigenvalue weighted by Gasteiger charge is 2.12. The predicted molar refractivity (Wildman–Crippen MR) is 106 cm³/mol. The van der Waals surface area contributed by atoms with Crippen molar-refractivity contribution in [2.45, 2.75) is 30.7 Å². The van der Waals surface area contributed by atoms with Crippen LogP contribution in [-0.4, -0.2) is 30.1 Å². The summed E-state index contributed by atoms with van der Waals surface area (Å²) in [4.78, 5) is 47.2. The highest BCUT2D eigenvalue weighted by atomic mass is 32.2. The highest BCUT2D eigenvalue weighted by molar-refractivity contribution is 7.98. The Kier molecular flexibility index (Phi) is 5.12. The fourth-order valence-electron chi connectivity index (χ4n) is 2.89. The monoisotopic (exact) mass is 412 g/mol. The third-order valence-corrected chi connectivity index (χ3v) is 5.12. The Hall–Kier alpha value is -3.47. The minimum atomic E-state index is -0.534. The first-order chi connectivity index (χ1) is 14.0. The molecule has 10 nitrogen and oxygen atoms in total. The summed E-state index contributed by atoms with van der Waals surface area (Å²) in [5.41, 5.74) is 0.451. The molecule has 4 rings (SSSR count). The second-order valence-corrected chi connectivity index (χ2v) is 7.22. The van der Waals surface area contributed by atoms with Gasteiger partial charge in [0.2, 0.25) is 5.89 Å². The molecule has 148 valence electrons. The van der Waals surface area contributed by atoms with Crippen molar-refractivity contribution >= 4 is 22.7 Å². The first kappa shape index (κ1) is 18.9. The zero-order valence-electron chi connectivity index (χ0n) is 15.3. The van der Waals surface area contributed by atoms with Gasteiger partial charge in [0.1, 0.15) is 5.82 Å². The van der Waals surface area contributed by atoms with Crippen molar-refractivity contribution < 1.29 is 4.42 Å². The summed E-state index contributed by atoms with van der Waals surface area (Å²) >= 11 is 1.25. The summed E-state index contributed by atoms with van der Waals surface area (Å²) < 4.78 is 5.59. The van der Waals surface area contributed by atoms with E-state index in [9.17, 15) is 14.4 Å². The van der Waals surface area contributed by atoms with Gasteiger partial charge in [-0.2, -0.15) is 0 Å². The lowest BCUT2D eigenvalue weighted by atomic mass is 10.1. The van der Waals surface area contributed by atoms with Crippen LogP contribution in [0.5, 0.6) is 0 Å². The van der Waals surface area contributed by atoms with Crippen LogP contribution < -0.4 is 16.8 Å². The molecule has 0 unspecified atom stereocenters. The fraction of sp³-hybridized carbons (Fsp3) is 0.222. The number of benzene rings is 1. The summed E-state index contributed by atoms with van der Waals surface area (Å²) in [6, 6.07) is 7.11. The van der Waals surface area contributed by atoms with E-state index in [0.29, 0.717) is 57.7 Å². The quantitative estimate of drug-likeness (QED) is 0.398. The van der Waals surface area contributed by atoms with Gasteiger partial charge in [-0.15, -0.1) is 10.2 Å². The first-order valence-corrected chi connectivity index (χ1v) is 9.73. The Bertz CT molecular complexity index is 1350. The zero-order valence-corrected chi connectivity index (χ0v) is 16.1. The smallest absolute Gasteiger partial charge is 0.325 e. The number of nitrogens with one attached hydrogen (secondary N) is 3. The summed E-state index contributed by atoms with van der Waals surface area (Å²) in [7, 11) is 0. The Morgan fingerprint density at radius 1 is 1.00 bits per heavy atom. The second kappa shape index (κ2) is 7.87. The Morgan fingerprint density at radius 2 is 1.83 bits per heavy atom. The van der Waals surface area contributed by atoms with Gasteiger partial charge in [0.25, 0.3) is 16.3 Å². The molecule has 3 N–H and O–H groups in total. The van der Waals surface area contributed by atoms with E-state index in [1.807, 2.05) is 6.07 Å². The highest BCUT2D eigenvalue weighted by Crippen LogP contribution is 2.20. The molecule has 3 heterocycles. The number of thioether (sulfide) groups is 1. The van der Waals surface area contributed by atoms with Crippen LogP contribution in [0.4, 0.5) is 0 Å².